The second kappa shape index (κ2) is 6.47. The van der Waals surface area contributed by atoms with Crippen molar-refractivity contribution >= 4 is 5.91 Å². The minimum Gasteiger partial charge on any atom is -0.378 e. The third-order valence-electron chi connectivity index (χ3n) is 3.53. The van der Waals surface area contributed by atoms with Gasteiger partial charge in [-0.1, -0.05) is 0 Å². The number of hydrogen-bond acceptors (Lipinski definition) is 5. The maximum absolute atomic E-state index is 11.8. The molecule has 2 aliphatic heterocycles. The third kappa shape index (κ3) is 3.65. The summed E-state index contributed by atoms with van der Waals surface area (Å²) >= 11 is 0. The lowest BCUT2D eigenvalue weighted by atomic mass is 10.0. The first-order valence-corrected chi connectivity index (χ1v) is 6.46. The Kier molecular flexibility index (Phi) is 4.94. The summed E-state index contributed by atoms with van der Waals surface area (Å²) in [5.74, 6) is 0.00650. The van der Waals surface area contributed by atoms with E-state index in [2.05, 4.69) is 10.6 Å². The molecular weight excluding hydrogens is 236 g/mol. The van der Waals surface area contributed by atoms with Crippen molar-refractivity contribution in [1.29, 1.82) is 0 Å². The summed E-state index contributed by atoms with van der Waals surface area (Å²) < 4.78 is 16.3. The number of amides is 1. The smallest absolute Gasteiger partial charge is 0.222 e. The molecule has 2 fully saturated rings. The molecule has 0 radical (unpaired) electrons. The summed E-state index contributed by atoms with van der Waals surface area (Å²) in [6.45, 7) is 4.02. The van der Waals surface area contributed by atoms with Crippen LogP contribution < -0.4 is 10.6 Å². The van der Waals surface area contributed by atoms with Gasteiger partial charge in [-0.3, -0.25) is 4.79 Å². The topological polar surface area (TPSA) is 68.8 Å². The molecule has 0 aliphatic carbocycles. The predicted molar refractivity (Wildman–Crippen MR) is 65.4 cm³/mol. The van der Waals surface area contributed by atoms with Crippen LogP contribution in [0.3, 0.4) is 0 Å². The van der Waals surface area contributed by atoms with Crippen molar-refractivity contribution in [2.24, 2.45) is 0 Å². The lowest BCUT2D eigenvalue weighted by Crippen LogP contribution is -2.47. The molecule has 18 heavy (non-hydrogen) atoms. The van der Waals surface area contributed by atoms with E-state index in [-0.39, 0.29) is 17.6 Å². The van der Waals surface area contributed by atoms with Crippen LogP contribution in [0.4, 0.5) is 0 Å². The lowest BCUT2D eigenvalue weighted by Gasteiger charge is -2.27. The van der Waals surface area contributed by atoms with E-state index in [9.17, 15) is 4.79 Å². The molecule has 1 amide bonds. The fourth-order valence-electron chi connectivity index (χ4n) is 2.25. The minimum atomic E-state index is -0.346. The SMILES string of the molecule is COC1(CNC(=O)CC2CNCCO2)CCOC1. The number of methoxy groups -OCH3 is 1. The van der Waals surface area contributed by atoms with Crippen LogP contribution >= 0.6 is 0 Å². The van der Waals surface area contributed by atoms with E-state index in [1.165, 1.54) is 0 Å². The summed E-state index contributed by atoms with van der Waals surface area (Å²) in [6.07, 6.45) is 1.20. The maximum Gasteiger partial charge on any atom is 0.222 e. The molecule has 2 N–H and O–H groups in total. The summed E-state index contributed by atoms with van der Waals surface area (Å²) in [5.41, 5.74) is -0.346. The molecule has 0 aromatic carbocycles. The molecular formula is C12H22N2O4. The minimum absolute atomic E-state index is 0.00650. The monoisotopic (exact) mass is 258 g/mol. The van der Waals surface area contributed by atoms with Crippen molar-refractivity contribution in [1.82, 2.24) is 10.6 Å². The van der Waals surface area contributed by atoms with E-state index in [1.54, 1.807) is 7.11 Å². The number of nitrogens with one attached hydrogen (secondary N) is 2. The second-order valence-corrected chi connectivity index (χ2v) is 4.87. The van der Waals surface area contributed by atoms with Gasteiger partial charge in [-0.05, 0) is 0 Å². The average molecular weight is 258 g/mol. The Bertz CT molecular complexity index is 273. The van der Waals surface area contributed by atoms with Gasteiger partial charge in [0, 0.05) is 39.8 Å². The second-order valence-electron chi connectivity index (χ2n) is 4.87. The van der Waals surface area contributed by atoms with Crippen LogP contribution in [-0.4, -0.2) is 64.2 Å². The number of morpholine rings is 1. The zero-order valence-electron chi connectivity index (χ0n) is 10.9. The zero-order valence-corrected chi connectivity index (χ0v) is 10.9. The van der Waals surface area contributed by atoms with Crippen LogP contribution in [0.1, 0.15) is 12.8 Å². The van der Waals surface area contributed by atoms with Crippen molar-refractivity contribution in [3.63, 3.8) is 0 Å². The fourth-order valence-corrected chi connectivity index (χ4v) is 2.25. The first kappa shape index (κ1) is 13.7. The molecule has 2 atom stereocenters. The van der Waals surface area contributed by atoms with Gasteiger partial charge in [0.1, 0.15) is 5.60 Å². The van der Waals surface area contributed by atoms with Gasteiger partial charge in [0.25, 0.3) is 0 Å². The highest BCUT2D eigenvalue weighted by Crippen LogP contribution is 2.21. The highest BCUT2D eigenvalue weighted by molar-refractivity contribution is 5.76. The number of hydrogen-bond donors (Lipinski definition) is 2. The molecule has 6 nitrogen and oxygen atoms in total. The molecule has 2 saturated heterocycles. The Labute approximate surface area is 107 Å². The van der Waals surface area contributed by atoms with Gasteiger partial charge < -0.3 is 24.8 Å². The standard InChI is InChI=1S/C12H22N2O4/c1-16-12(2-4-17-9-12)8-14-11(15)6-10-7-13-3-5-18-10/h10,13H,2-9H2,1H3,(H,14,15). The number of rotatable bonds is 5. The molecule has 0 aromatic heterocycles. The van der Waals surface area contributed by atoms with Crippen molar-refractivity contribution in [3.8, 4) is 0 Å². The van der Waals surface area contributed by atoms with Gasteiger partial charge in [-0.25, -0.2) is 0 Å². The van der Waals surface area contributed by atoms with E-state index in [0.29, 0.717) is 32.8 Å². The predicted octanol–water partition coefficient (Wildman–Crippen LogP) is -0.713. The van der Waals surface area contributed by atoms with Gasteiger partial charge in [0.05, 0.1) is 25.7 Å². The van der Waals surface area contributed by atoms with Gasteiger partial charge in [-0.2, -0.15) is 0 Å². The molecule has 0 bridgehead atoms. The highest BCUT2D eigenvalue weighted by atomic mass is 16.5. The Balaban J connectivity index is 1.70. The number of ether oxygens (including phenoxy) is 3. The highest BCUT2D eigenvalue weighted by Gasteiger charge is 2.35. The van der Waals surface area contributed by atoms with E-state index in [0.717, 1.165) is 19.5 Å². The molecule has 0 spiro atoms. The van der Waals surface area contributed by atoms with Gasteiger partial charge in [-0.15, -0.1) is 0 Å². The van der Waals surface area contributed by atoms with Crippen molar-refractivity contribution in [3.05, 3.63) is 0 Å². The van der Waals surface area contributed by atoms with Crippen LogP contribution in [-0.2, 0) is 19.0 Å². The van der Waals surface area contributed by atoms with Gasteiger partial charge in [0.15, 0.2) is 0 Å². The van der Waals surface area contributed by atoms with Crippen LogP contribution in [0.15, 0.2) is 0 Å². The van der Waals surface area contributed by atoms with Crippen LogP contribution in [0.25, 0.3) is 0 Å². The molecule has 2 aliphatic rings. The Morgan fingerprint density at radius 2 is 2.44 bits per heavy atom. The number of carbonyl (C=O) groups is 1. The first-order valence-electron chi connectivity index (χ1n) is 6.46. The quantitative estimate of drug-likeness (QED) is 0.681. The Morgan fingerprint density at radius 1 is 1.56 bits per heavy atom. The van der Waals surface area contributed by atoms with Gasteiger partial charge in [0.2, 0.25) is 5.91 Å². The molecule has 2 unspecified atom stereocenters. The molecule has 0 saturated carbocycles. The van der Waals surface area contributed by atoms with Crippen LogP contribution in [0.2, 0.25) is 0 Å². The fraction of sp³-hybridized carbons (Fsp3) is 0.917. The summed E-state index contributed by atoms with van der Waals surface area (Å²) in [6, 6.07) is 0. The zero-order chi connectivity index (χ0) is 12.8. The largest absolute Gasteiger partial charge is 0.378 e. The first-order chi connectivity index (χ1) is 8.74. The van der Waals surface area contributed by atoms with E-state index >= 15 is 0 Å². The van der Waals surface area contributed by atoms with E-state index in [4.69, 9.17) is 14.2 Å². The van der Waals surface area contributed by atoms with Crippen molar-refractivity contribution in [2.45, 2.75) is 24.5 Å². The number of carbonyl (C=O) groups excluding carboxylic acids is 1. The van der Waals surface area contributed by atoms with Crippen LogP contribution in [0, 0.1) is 0 Å². The molecule has 0 aromatic rings. The molecule has 104 valence electrons. The maximum atomic E-state index is 11.8. The van der Waals surface area contributed by atoms with Gasteiger partial charge >= 0.3 is 0 Å². The summed E-state index contributed by atoms with van der Waals surface area (Å²) in [4.78, 5) is 11.8. The normalized spacial score (nSPS) is 32.4. The van der Waals surface area contributed by atoms with Crippen LogP contribution in [0.5, 0.6) is 0 Å². The van der Waals surface area contributed by atoms with E-state index < -0.39 is 0 Å². The van der Waals surface area contributed by atoms with E-state index in [1.807, 2.05) is 0 Å². The Hall–Kier alpha value is -0.690. The average Bonchev–Trinajstić information content (AvgIpc) is 2.87. The summed E-state index contributed by atoms with van der Waals surface area (Å²) in [5, 5.41) is 6.12. The third-order valence-corrected chi connectivity index (χ3v) is 3.53. The Morgan fingerprint density at radius 3 is 3.06 bits per heavy atom. The molecule has 2 heterocycles. The lowest BCUT2D eigenvalue weighted by molar-refractivity contribution is -0.126. The van der Waals surface area contributed by atoms with Crippen molar-refractivity contribution in [2.75, 3.05) is 46.6 Å². The molecule has 6 heteroatoms. The summed E-state index contributed by atoms with van der Waals surface area (Å²) in [7, 11) is 1.66. The molecule has 2 rings (SSSR count). The van der Waals surface area contributed by atoms with Crippen molar-refractivity contribution < 1.29 is 19.0 Å².